The molecule has 0 amide bonds. The molecule has 0 aliphatic carbocycles. The van der Waals surface area contributed by atoms with Crippen molar-refractivity contribution >= 4 is 16.9 Å². The van der Waals surface area contributed by atoms with Crippen LogP contribution in [0.1, 0.15) is 23.5 Å². The van der Waals surface area contributed by atoms with E-state index in [0.717, 1.165) is 5.56 Å². The Balaban J connectivity index is 1.72. The lowest BCUT2D eigenvalue weighted by atomic mass is 9.85. The Morgan fingerprint density at radius 1 is 0.914 bits per heavy atom. The molecule has 4 aromatic rings. The molecule has 2 heterocycles. The number of carbonyl (C=O) groups excluding carboxylic acids is 1. The summed E-state index contributed by atoms with van der Waals surface area (Å²) in [4.78, 5) is 25.9. The lowest BCUT2D eigenvalue weighted by Gasteiger charge is -2.26. The average molecular weight is 474 g/mol. The molecule has 0 saturated carbocycles. The van der Waals surface area contributed by atoms with Crippen LogP contribution in [0.3, 0.4) is 0 Å². The van der Waals surface area contributed by atoms with Crippen LogP contribution in [0.15, 0.2) is 64.0 Å². The van der Waals surface area contributed by atoms with E-state index in [0.29, 0.717) is 28.4 Å². The summed E-state index contributed by atoms with van der Waals surface area (Å²) in [6, 6.07) is 13.6. The molecule has 1 aliphatic heterocycles. The van der Waals surface area contributed by atoms with Gasteiger partial charge in [0.2, 0.25) is 5.43 Å². The van der Waals surface area contributed by atoms with Gasteiger partial charge in [0, 0.05) is 17.5 Å². The molecule has 8 heteroatoms. The van der Waals surface area contributed by atoms with Gasteiger partial charge in [-0.15, -0.1) is 0 Å². The first-order valence-electron chi connectivity index (χ1n) is 10.8. The van der Waals surface area contributed by atoms with E-state index in [1.165, 1.54) is 26.5 Å². The molecular weight excluding hydrogens is 452 g/mol. The fourth-order valence-corrected chi connectivity index (χ4v) is 4.46. The Morgan fingerprint density at radius 2 is 1.66 bits per heavy atom. The second kappa shape index (κ2) is 8.72. The molecule has 1 aromatic heterocycles. The van der Waals surface area contributed by atoms with Crippen LogP contribution in [-0.2, 0) is 4.79 Å². The zero-order valence-corrected chi connectivity index (χ0v) is 19.3. The van der Waals surface area contributed by atoms with Crippen LogP contribution >= 0.6 is 0 Å². The van der Waals surface area contributed by atoms with Crippen molar-refractivity contribution in [2.75, 3.05) is 21.3 Å². The molecule has 1 N–H and O–H groups in total. The Morgan fingerprint density at radius 3 is 2.34 bits per heavy atom. The molecule has 3 aromatic carbocycles. The molecule has 8 nitrogen and oxygen atoms in total. The number of aromatic hydroxyl groups is 1. The van der Waals surface area contributed by atoms with Crippen LogP contribution in [-0.4, -0.2) is 32.4 Å². The third kappa shape index (κ3) is 3.73. The fraction of sp³-hybridized carbons (Fsp3) is 0.185. The fourth-order valence-electron chi connectivity index (χ4n) is 4.46. The number of fused-ring (bicyclic) bond motifs is 3. The number of methoxy groups -OCH3 is 3. The highest BCUT2D eigenvalue weighted by atomic mass is 16.5. The summed E-state index contributed by atoms with van der Waals surface area (Å²) >= 11 is 0. The number of phenols is 1. The standard InChI is InChI=1S/C27H22O8/c1-31-16-7-4-14(5-8-16)17-11-23(29)35-22-12-19(28)25-26(30)18(13-34-27(25)24(17)22)15-6-9-20(32-2)21(10-15)33-3/h4-10,12-13,17,28H,11H2,1-3H3. The van der Waals surface area contributed by atoms with E-state index in [1.807, 2.05) is 12.1 Å². The van der Waals surface area contributed by atoms with Crippen molar-refractivity contribution in [1.82, 2.24) is 0 Å². The summed E-state index contributed by atoms with van der Waals surface area (Å²) < 4.78 is 27.2. The second-order valence-corrected chi connectivity index (χ2v) is 8.06. The largest absolute Gasteiger partial charge is 0.507 e. The van der Waals surface area contributed by atoms with E-state index >= 15 is 0 Å². The monoisotopic (exact) mass is 474 g/mol. The topological polar surface area (TPSA) is 104 Å². The first-order valence-corrected chi connectivity index (χ1v) is 10.8. The van der Waals surface area contributed by atoms with Gasteiger partial charge < -0.3 is 28.5 Å². The first kappa shape index (κ1) is 22.3. The SMILES string of the molecule is COc1ccc(C2CC(=O)Oc3cc(O)c4c(=O)c(-c5ccc(OC)c(OC)c5)coc4c32)cc1. The van der Waals surface area contributed by atoms with Crippen LogP contribution < -0.4 is 24.4 Å². The Bertz CT molecular complexity index is 1500. The van der Waals surface area contributed by atoms with E-state index < -0.39 is 17.3 Å². The number of hydrogen-bond acceptors (Lipinski definition) is 8. The second-order valence-electron chi connectivity index (χ2n) is 8.06. The van der Waals surface area contributed by atoms with Gasteiger partial charge in [-0.2, -0.15) is 0 Å². The van der Waals surface area contributed by atoms with Gasteiger partial charge in [-0.05, 0) is 35.4 Å². The maximum absolute atomic E-state index is 13.6. The minimum Gasteiger partial charge on any atom is -0.507 e. The van der Waals surface area contributed by atoms with Crippen molar-refractivity contribution in [3.05, 3.63) is 76.1 Å². The van der Waals surface area contributed by atoms with Gasteiger partial charge in [0.15, 0.2) is 11.5 Å². The number of ether oxygens (including phenoxy) is 4. The highest BCUT2D eigenvalue weighted by molar-refractivity contribution is 5.94. The molecule has 0 fully saturated rings. The third-order valence-electron chi connectivity index (χ3n) is 6.18. The quantitative estimate of drug-likeness (QED) is 0.330. The van der Waals surface area contributed by atoms with Crippen molar-refractivity contribution in [3.63, 3.8) is 0 Å². The van der Waals surface area contributed by atoms with E-state index in [9.17, 15) is 14.7 Å². The van der Waals surface area contributed by atoms with E-state index in [-0.39, 0.29) is 34.5 Å². The molecule has 0 spiro atoms. The smallest absolute Gasteiger partial charge is 0.312 e. The average Bonchev–Trinajstić information content (AvgIpc) is 2.87. The predicted molar refractivity (Wildman–Crippen MR) is 128 cm³/mol. The van der Waals surface area contributed by atoms with Gasteiger partial charge >= 0.3 is 5.97 Å². The first-order chi connectivity index (χ1) is 16.9. The van der Waals surface area contributed by atoms with Crippen LogP contribution in [0.25, 0.3) is 22.1 Å². The summed E-state index contributed by atoms with van der Waals surface area (Å²) in [6.45, 7) is 0. The summed E-state index contributed by atoms with van der Waals surface area (Å²) in [5.74, 6) is 0.589. The number of hydrogen-bond donors (Lipinski definition) is 1. The van der Waals surface area contributed by atoms with Crippen molar-refractivity contribution in [1.29, 1.82) is 0 Å². The number of esters is 1. The molecular formula is C27H22O8. The zero-order valence-electron chi connectivity index (χ0n) is 19.3. The van der Waals surface area contributed by atoms with E-state index in [2.05, 4.69) is 0 Å². The predicted octanol–water partition coefficient (Wildman–Crippen LogP) is 4.63. The lowest BCUT2D eigenvalue weighted by molar-refractivity contribution is -0.135. The minimum atomic E-state index is -0.443. The zero-order chi connectivity index (χ0) is 24.7. The summed E-state index contributed by atoms with van der Waals surface area (Å²) in [6.07, 6.45) is 1.40. The Labute approximate surface area is 200 Å². The van der Waals surface area contributed by atoms with Crippen molar-refractivity contribution in [2.45, 2.75) is 12.3 Å². The van der Waals surface area contributed by atoms with Crippen LogP contribution in [0.2, 0.25) is 0 Å². The molecule has 1 atom stereocenters. The van der Waals surface area contributed by atoms with Crippen molar-refractivity contribution < 1.29 is 33.3 Å². The minimum absolute atomic E-state index is 0.00694. The molecule has 1 aliphatic rings. The molecule has 0 bridgehead atoms. The van der Waals surface area contributed by atoms with Crippen LogP contribution in [0.5, 0.6) is 28.7 Å². The summed E-state index contributed by atoms with van der Waals surface area (Å²) in [5.41, 5.74) is 1.86. The molecule has 0 radical (unpaired) electrons. The summed E-state index contributed by atoms with van der Waals surface area (Å²) in [7, 11) is 4.60. The van der Waals surface area contributed by atoms with E-state index in [4.69, 9.17) is 23.4 Å². The summed E-state index contributed by atoms with van der Waals surface area (Å²) in [5, 5.41) is 10.8. The Kier molecular flexibility index (Phi) is 5.56. The number of rotatable bonds is 5. The third-order valence-corrected chi connectivity index (χ3v) is 6.18. The van der Waals surface area contributed by atoms with Gasteiger partial charge in [-0.3, -0.25) is 9.59 Å². The van der Waals surface area contributed by atoms with E-state index in [1.54, 1.807) is 37.4 Å². The van der Waals surface area contributed by atoms with Crippen LogP contribution in [0, 0.1) is 0 Å². The van der Waals surface area contributed by atoms with Crippen LogP contribution in [0.4, 0.5) is 0 Å². The Hall–Kier alpha value is -4.46. The highest BCUT2D eigenvalue weighted by Crippen LogP contribution is 2.46. The van der Waals surface area contributed by atoms with Crippen molar-refractivity contribution in [3.8, 4) is 39.9 Å². The molecule has 35 heavy (non-hydrogen) atoms. The molecule has 178 valence electrons. The molecule has 5 rings (SSSR count). The number of carbonyl (C=O) groups is 1. The normalized spacial score (nSPS) is 14.8. The van der Waals surface area contributed by atoms with Gasteiger partial charge in [0.05, 0.1) is 33.3 Å². The highest BCUT2D eigenvalue weighted by Gasteiger charge is 2.33. The maximum atomic E-state index is 13.6. The van der Waals surface area contributed by atoms with Gasteiger partial charge in [0.25, 0.3) is 0 Å². The van der Waals surface area contributed by atoms with Gasteiger partial charge in [-0.25, -0.2) is 0 Å². The van der Waals surface area contributed by atoms with Gasteiger partial charge in [-0.1, -0.05) is 18.2 Å². The van der Waals surface area contributed by atoms with Gasteiger partial charge in [0.1, 0.15) is 34.5 Å². The lowest BCUT2D eigenvalue weighted by Crippen LogP contribution is -2.22. The van der Waals surface area contributed by atoms with Crippen molar-refractivity contribution in [2.24, 2.45) is 0 Å². The number of phenolic OH excluding ortho intramolecular Hbond substituents is 1. The molecule has 1 unspecified atom stereocenters. The number of benzene rings is 3. The molecule has 0 saturated heterocycles. The maximum Gasteiger partial charge on any atom is 0.312 e.